The predicted molar refractivity (Wildman–Crippen MR) is 123 cm³/mol. The van der Waals surface area contributed by atoms with E-state index in [2.05, 4.69) is 0 Å². The summed E-state index contributed by atoms with van der Waals surface area (Å²) >= 11 is 6.25. The molecule has 164 valence electrons. The number of aromatic hydroxyl groups is 1. The molecule has 0 spiro atoms. The number of benzene rings is 1. The quantitative estimate of drug-likeness (QED) is 0.391. The van der Waals surface area contributed by atoms with Crippen LogP contribution in [0, 0.1) is 24.1 Å². The second-order valence-corrected chi connectivity index (χ2v) is 8.69. The van der Waals surface area contributed by atoms with E-state index < -0.39 is 35.5 Å². The maximum Gasteiger partial charge on any atom is 0.271 e. The molecular formula is C22H18FN3O4S2. The number of ketones is 1. The van der Waals surface area contributed by atoms with Crippen molar-refractivity contribution in [3.8, 4) is 11.9 Å². The van der Waals surface area contributed by atoms with E-state index in [1.54, 1.807) is 19.1 Å². The van der Waals surface area contributed by atoms with Crippen LogP contribution in [0.4, 0.5) is 4.39 Å². The number of amides is 1. The van der Waals surface area contributed by atoms with Crippen molar-refractivity contribution in [3.05, 3.63) is 67.6 Å². The lowest BCUT2D eigenvalue weighted by Gasteiger charge is -2.18. The Morgan fingerprint density at radius 3 is 2.56 bits per heavy atom. The molecule has 1 saturated heterocycles. The van der Waals surface area contributed by atoms with Gasteiger partial charge in [-0.1, -0.05) is 43.0 Å². The fourth-order valence-corrected chi connectivity index (χ4v) is 4.54. The van der Waals surface area contributed by atoms with Crippen molar-refractivity contribution in [2.75, 3.05) is 6.54 Å². The van der Waals surface area contributed by atoms with Crippen molar-refractivity contribution < 1.29 is 19.1 Å². The molecule has 7 nitrogen and oxygen atoms in total. The number of hydrogen-bond donors (Lipinski definition) is 1. The van der Waals surface area contributed by atoms with E-state index in [9.17, 15) is 29.1 Å². The third-order valence-corrected chi connectivity index (χ3v) is 6.25. The number of carbonyl (C=O) groups excluding carboxylic acids is 2. The van der Waals surface area contributed by atoms with Crippen molar-refractivity contribution in [2.45, 2.75) is 26.8 Å². The lowest BCUT2D eigenvalue weighted by molar-refractivity contribution is -0.121. The SMILES string of the molecule is CCCn1c(O)c(C(=O)CN2C(=O)/C(=C/c3ccc(F)cc3)SC2=S)c(C)c(C#N)c1=O. The Hall–Kier alpha value is -3.29. The Kier molecular flexibility index (Phi) is 6.91. The Morgan fingerprint density at radius 2 is 1.97 bits per heavy atom. The molecule has 0 radical (unpaired) electrons. The average molecular weight is 472 g/mol. The van der Waals surface area contributed by atoms with E-state index in [0.29, 0.717) is 12.0 Å². The summed E-state index contributed by atoms with van der Waals surface area (Å²) in [6.07, 6.45) is 2.04. The predicted octanol–water partition coefficient (Wildman–Crippen LogP) is 3.37. The summed E-state index contributed by atoms with van der Waals surface area (Å²) in [5.74, 6) is -2.10. The molecule has 0 unspecified atom stereocenters. The van der Waals surface area contributed by atoms with Gasteiger partial charge in [-0.15, -0.1) is 0 Å². The van der Waals surface area contributed by atoms with E-state index in [4.69, 9.17) is 12.2 Å². The molecule has 0 aliphatic carbocycles. The number of nitrogens with zero attached hydrogens (tertiary/aromatic N) is 3. The van der Waals surface area contributed by atoms with Gasteiger partial charge >= 0.3 is 0 Å². The van der Waals surface area contributed by atoms with Crippen LogP contribution in [-0.4, -0.2) is 37.1 Å². The summed E-state index contributed by atoms with van der Waals surface area (Å²) in [7, 11) is 0. The summed E-state index contributed by atoms with van der Waals surface area (Å²) in [6, 6.07) is 7.34. The number of Topliss-reactive ketones (excluding diaryl/α,β-unsaturated/α-hetero) is 1. The van der Waals surface area contributed by atoms with Crippen LogP contribution in [0.1, 0.15) is 40.4 Å². The topological polar surface area (TPSA) is 103 Å². The van der Waals surface area contributed by atoms with Gasteiger partial charge in [-0.3, -0.25) is 23.9 Å². The fraction of sp³-hybridized carbons (Fsp3) is 0.227. The molecule has 0 atom stereocenters. The second kappa shape index (κ2) is 9.46. The van der Waals surface area contributed by atoms with E-state index in [-0.39, 0.29) is 32.5 Å². The zero-order valence-corrected chi connectivity index (χ0v) is 18.8. The van der Waals surface area contributed by atoms with Gasteiger partial charge in [0.05, 0.1) is 17.0 Å². The smallest absolute Gasteiger partial charge is 0.271 e. The van der Waals surface area contributed by atoms with Crippen LogP contribution in [0.15, 0.2) is 34.0 Å². The first-order valence-corrected chi connectivity index (χ1v) is 10.8. The number of rotatable bonds is 6. The largest absolute Gasteiger partial charge is 0.494 e. The molecule has 10 heteroatoms. The minimum absolute atomic E-state index is 0.0552. The standard InChI is InChI=1S/C22H18FN3O4S2/c1-3-8-25-19(28)15(10-24)12(2)18(21(25)30)16(27)11-26-20(29)17(32-22(26)31)9-13-4-6-14(23)7-5-13/h4-7,9,30H,3,8,11H2,1-2H3/b17-9-. The molecule has 1 aliphatic heterocycles. The number of carbonyl (C=O) groups is 2. The first kappa shape index (κ1) is 23.4. The highest BCUT2D eigenvalue weighted by atomic mass is 32.2. The third-order valence-electron chi connectivity index (χ3n) is 4.87. The summed E-state index contributed by atoms with van der Waals surface area (Å²) in [4.78, 5) is 39.7. The van der Waals surface area contributed by atoms with Gasteiger partial charge in [0.25, 0.3) is 11.5 Å². The average Bonchev–Trinajstić information content (AvgIpc) is 3.00. The number of hydrogen-bond acceptors (Lipinski definition) is 7. The van der Waals surface area contributed by atoms with Crippen LogP contribution in [0.25, 0.3) is 6.08 Å². The van der Waals surface area contributed by atoms with Crippen molar-refractivity contribution in [1.29, 1.82) is 5.26 Å². The van der Waals surface area contributed by atoms with Crippen molar-refractivity contribution in [2.24, 2.45) is 0 Å². The summed E-state index contributed by atoms with van der Waals surface area (Å²) in [5.41, 5.74) is -0.447. The molecule has 1 fully saturated rings. The molecule has 2 aromatic rings. The Bertz CT molecular complexity index is 1260. The number of halogens is 1. The molecule has 0 bridgehead atoms. The zero-order valence-electron chi connectivity index (χ0n) is 17.2. The molecule has 32 heavy (non-hydrogen) atoms. The fourth-order valence-electron chi connectivity index (χ4n) is 3.29. The van der Waals surface area contributed by atoms with Gasteiger partial charge in [0, 0.05) is 6.54 Å². The molecule has 1 amide bonds. The zero-order chi connectivity index (χ0) is 23.6. The number of nitriles is 1. The highest BCUT2D eigenvalue weighted by Gasteiger charge is 2.35. The van der Waals surface area contributed by atoms with Crippen LogP contribution < -0.4 is 5.56 Å². The van der Waals surface area contributed by atoms with Gasteiger partial charge < -0.3 is 5.11 Å². The van der Waals surface area contributed by atoms with Gasteiger partial charge in [-0.2, -0.15) is 5.26 Å². The monoisotopic (exact) mass is 471 g/mol. The summed E-state index contributed by atoms with van der Waals surface area (Å²) in [6.45, 7) is 2.85. The van der Waals surface area contributed by atoms with Crippen molar-refractivity contribution in [3.63, 3.8) is 0 Å². The first-order valence-electron chi connectivity index (χ1n) is 9.60. The van der Waals surface area contributed by atoms with Gasteiger partial charge in [-0.05, 0) is 42.7 Å². The van der Waals surface area contributed by atoms with Crippen LogP contribution >= 0.6 is 24.0 Å². The molecule has 2 heterocycles. The Morgan fingerprint density at radius 1 is 1.31 bits per heavy atom. The highest BCUT2D eigenvalue weighted by molar-refractivity contribution is 8.26. The van der Waals surface area contributed by atoms with Crippen LogP contribution in [0.2, 0.25) is 0 Å². The lowest BCUT2D eigenvalue weighted by atomic mass is 10.0. The minimum Gasteiger partial charge on any atom is -0.494 e. The molecule has 1 aliphatic rings. The third kappa shape index (κ3) is 4.35. The Labute approximate surface area is 192 Å². The minimum atomic E-state index is -0.672. The molecule has 1 N–H and O–H groups in total. The normalized spacial score (nSPS) is 14.8. The van der Waals surface area contributed by atoms with Gasteiger partial charge in [-0.25, -0.2) is 4.39 Å². The van der Waals surface area contributed by atoms with Crippen LogP contribution in [-0.2, 0) is 11.3 Å². The van der Waals surface area contributed by atoms with E-state index in [0.717, 1.165) is 21.2 Å². The number of pyridine rings is 1. The summed E-state index contributed by atoms with van der Waals surface area (Å²) in [5, 5.41) is 20.0. The molecule has 1 aromatic heterocycles. The van der Waals surface area contributed by atoms with Crippen molar-refractivity contribution in [1.82, 2.24) is 9.47 Å². The molecular weight excluding hydrogens is 453 g/mol. The van der Waals surface area contributed by atoms with Gasteiger partial charge in [0.1, 0.15) is 21.8 Å². The van der Waals surface area contributed by atoms with Crippen LogP contribution in [0.5, 0.6) is 5.88 Å². The molecule has 1 aromatic carbocycles. The van der Waals surface area contributed by atoms with Crippen LogP contribution in [0.3, 0.4) is 0 Å². The summed E-state index contributed by atoms with van der Waals surface area (Å²) < 4.78 is 14.2. The van der Waals surface area contributed by atoms with Gasteiger partial charge in [0.2, 0.25) is 5.88 Å². The molecule has 3 rings (SSSR count). The molecule has 0 saturated carbocycles. The lowest BCUT2D eigenvalue weighted by Crippen LogP contribution is -2.35. The van der Waals surface area contributed by atoms with Gasteiger partial charge in [0.15, 0.2) is 5.78 Å². The van der Waals surface area contributed by atoms with E-state index in [1.807, 2.05) is 0 Å². The van der Waals surface area contributed by atoms with E-state index >= 15 is 0 Å². The number of aromatic nitrogens is 1. The maximum absolute atomic E-state index is 13.1. The maximum atomic E-state index is 13.1. The van der Waals surface area contributed by atoms with Crippen molar-refractivity contribution >= 4 is 46.1 Å². The number of thiocarbonyl (C=S) groups is 1. The Balaban J connectivity index is 1.94. The highest BCUT2D eigenvalue weighted by Crippen LogP contribution is 2.33. The first-order chi connectivity index (χ1) is 15.2. The second-order valence-electron chi connectivity index (χ2n) is 7.01. The number of thioether (sulfide) groups is 1. The van der Waals surface area contributed by atoms with E-state index in [1.165, 1.54) is 31.2 Å².